The molecule has 8 nitrogen and oxygen atoms in total. The highest BCUT2D eigenvalue weighted by atomic mass is 16.2. The van der Waals surface area contributed by atoms with Gasteiger partial charge in [-0.3, -0.25) is 14.8 Å². The monoisotopic (exact) mass is 399 g/mol. The van der Waals surface area contributed by atoms with Gasteiger partial charge >= 0.3 is 0 Å². The van der Waals surface area contributed by atoms with Crippen LogP contribution in [0.5, 0.6) is 0 Å². The zero-order chi connectivity index (χ0) is 20.5. The number of fused-ring (bicyclic) bond motifs is 1. The second-order valence-corrected chi connectivity index (χ2v) is 7.57. The van der Waals surface area contributed by atoms with Crippen molar-refractivity contribution in [2.45, 2.75) is 25.7 Å². The fourth-order valence-electron chi connectivity index (χ4n) is 3.81. The molecule has 0 aromatic carbocycles. The van der Waals surface area contributed by atoms with E-state index in [0.717, 1.165) is 41.1 Å². The highest BCUT2D eigenvalue weighted by molar-refractivity contribution is 5.92. The molecule has 4 aromatic rings. The number of amides is 1. The minimum atomic E-state index is -0.0881. The summed E-state index contributed by atoms with van der Waals surface area (Å²) in [5, 5.41) is 4.72. The van der Waals surface area contributed by atoms with E-state index in [-0.39, 0.29) is 11.8 Å². The number of carbonyl (C=O) groups excluding carboxylic acids is 1. The van der Waals surface area contributed by atoms with Crippen LogP contribution in [0.25, 0.3) is 16.8 Å². The van der Waals surface area contributed by atoms with E-state index in [1.807, 2.05) is 53.0 Å². The van der Waals surface area contributed by atoms with Crippen molar-refractivity contribution in [2.75, 3.05) is 13.1 Å². The largest absolute Gasteiger partial charge is 0.337 e. The molecule has 5 rings (SSSR count). The summed E-state index contributed by atoms with van der Waals surface area (Å²) < 4.78 is 1.81. The zero-order valence-corrected chi connectivity index (χ0v) is 16.6. The van der Waals surface area contributed by atoms with Gasteiger partial charge in [-0.25, -0.2) is 14.5 Å². The fourth-order valence-corrected chi connectivity index (χ4v) is 3.81. The summed E-state index contributed by atoms with van der Waals surface area (Å²) in [6, 6.07) is 7.92. The standard InChI is InChI=1S/C22H21N7O/c1-15-10-25-19(12-24-15)22(30)28-9-3-5-18(13-28)21-26-20-7-6-17(14-29(20)27-21)16-4-2-8-23-11-16/h2,4,6-8,10-12,14,18H,3,5,9,13H2,1H3/t18-/m1/s1. The van der Waals surface area contributed by atoms with Crippen molar-refractivity contribution in [3.63, 3.8) is 0 Å². The second-order valence-electron chi connectivity index (χ2n) is 7.57. The molecule has 30 heavy (non-hydrogen) atoms. The molecule has 0 radical (unpaired) electrons. The molecule has 1 amide bonds. The lowest BCUT2D eigenvalue weighted by molar-refractivity contribution is 0.0698. The maximum absolute atomic E-state index is 12.8. The first-order valence-corrected chi connectivity index (χ1v) is 10.0. The summed E-state index contributed by atoms with van der Waals surface area (Å²) >= 11 is 0. The van der Waals surface area contributed by atoms with E-state index in [0.29, 0.717) is 18.8 Å². The van der Waals surface area contributed by atoms with E-state index in [4.69, 9.17) is 10.1 Å². The normalized spacial score (nSPS) is 16.7. The molecule has 8 heteroatoms. The molecule has 1 fully saturated rings. The highest BCUT2D eigenvalue weighted by Crippen LogP contribution is 2.26. The van der Waals surface area contributed by atoms with Gasteiger partial charge in [-0.05, 0) is 38.0 Å². The van der Waals surface area contributed by atoms with Crippen LogP contribution in [0.2, 0.25) is 0 Å². The Bertz CT molecular complexity index is 1190. The number of hydrogen-bond acceptors (Lipinski definition) is 6. The van der Waals surface area contributed by atoms with Crippen molar-refractivity contribution < 1.29 is 4.79 Å². The van der Waals surface area contributed by atoms with Crippen LogP contribution < -0.4 is 0 Å². The van der Waals surface area contributed by atoms with Crippen molar-refractivity contribution in [1.82, 2.24) is 34.4 Å². The predicted molar refractivity (Wildman–Crippen MR) is 111 cm³/mol. The SMILES string of the molecule is Cc1cnc(C(=O)N2CCC[C@@H](c3nc4ccc(-c5cccnc5)cn4n3)C2)cn1. The van der Waals surface area contributed by atoms with Gasteiger partial charge in [-0.2, -0.15) is 5.10 Å². The lowest BCUT2D eigenvalue weighted by Gasteiger charge is -2.31. The molecule has 4 aromatic heterocycles. The second kappa shape index (κ2) is 7.62. The Morgan fingerprint density at radius 1 is 1.10 bits per heavy atom. The third-order valence-electron chi connectivity index (χ3n) is 5.42. The van der Waals surface area contributed by atoms with Crippen molar-refractivity contribution in [1.29, 1.82) is 0 Å². The summed E-state index contributed by atoms with van der Waals surface area (Å²) in [7, 11) is 0. The lowest BCUT2D eigenvalue weighted by atomic mass is 9.97. The molecular weight excluding hydrogens is 378 g/mol. The van der Waals surface area contributed by atoms with E-state index in [2.05, 4.69) is 15.0 Å². The molecule has 0 spiro atoms. The Morgan fingerprint density at radius 2 is 2.03 bits per heavy atom. The first-order valence-electron chi connectivity index (χ1n) is 10.0. The van der Waals surface area contributed by atoms with E-state index in [1.54, 1.807) is 18.6 Å². The van der Waals surface area contributed by atoms with Crippen LogP contribution >= 0.6 is 0 Å². The number of likely N-dealkylation sites (tertiary alicyclic amines) is 1. The molecule has 1 aliphatic rings. The van der Waals surface area contributed by atoms with Crippen molar-refractivity contribution in [3.05, 3.63) is 72.5 Å². The van der Waals surface area contributed by atoms with Crippen molar-refractivity contribution in [2.24, 2.45) is 0 Å². The average Bonchev–Trinajstić information content (AvgIpc) is 3.23. The Balaban J connectivity index is 1.38. The lowest BCUT2D eigenvalue weighted by Crippen LogP contribution is -2.39. The van der Waals surface area contributed by atoms with Crippen molar-refractivity contribution in [3.8, 4) is 11.1 Å². The van der Waals surface area contributed by atoms with E-state index in [9.17, 15) is 4.79 Å². The van der Waals surface area contributed by atoms with Crippen LogP contribution in [0.3, 0.4) is 0 Å². The van der Waals surface area contributed by atoms with Gasteiger partial charge in [0.05, 0.1) is 11.9 Å². The number of aromatic nitrogens is 6. The molecule has 1 saturated heterocycles. The quantitative estimate of drug-likeness (QED) is 0.526. The topological polar surface area (TPSA) is 89.2 Å². The third-order valence-corrected chi connectivity index (χ3v) is 5.42. The Labute approximate surface area is 173 Å². The summed E-state index contributed by atoms with van der Waals surface area (Å²) in [5.41, 5.74) is 4.04. The molecule has 0 saturated carbocycles. The molecule has 150 valence electrons. The van der Waals surface area contributed by atoms with Crippen LogP contribution in [-0.2, 0) is 0 Å². The van der Waals surface area contributed by atoms with Crippen LogP contribution in [0.15, 0.2) is 55.2 Å². The van der Waals surface area contributed by atoms with E-state index >= 15 is 0 Å². The molecule has 0 aliphatic carbocycles. The molecule has 1 atom stereocenters. The predicted octanol–water partition coefficient (Wildman–Crippen LogP) is 2.91. The number of carbonyl (C=O) groups is 1. The number of nitrogens with zero attached hydrogens (tertiary/aromatic N) is 7. The first kappa shape index (κ1) is 18.4. The van der Waals surface area contributed by atoms with Gasteiger partial charge < -0.3 is 4.90 Å². The molecule has 0 N–H and O–H groups in total. The van der Waals surface area contributed by atoms with Gasteiger partial charge in [-0.1, -0.05) is 6.07 Å². The van der Waals surface area contributed by atoms with E-state index < -0.39 is 0 Å². The maximum Gasteiger partial charge on any atom is 0.274 e. The number of hydrogen-bond donors (Lipinski definition) is 0. The van der Waals surface area contributed by atoms with Crippen molar-refractivity contribution >= 4 is 11.6 Å². The minimum absolute atomic E-state index is 0.0881. The van der Waals surface area contributed by atoms with Gasteiger partial charge in [0, 0.05) is 54.9 Å². The fraction of sp³-hybridized carbons (Fsp3) is 0.273. The minimum Gasteiger partial charge on any atom is -0.337 e. The number of piperidine rings is 1. The number of pyridine rings is 2. The van der Waals surface area contributed by atoms with Gasteiger partial charge in [0.1, 0.15) is 5.69 Å². The van der Waals surface area contributed by atoms with Gasteiger partial charge in [0.2, 0.25) is 0 Å². The smallest absolute Gasteiger partial charge is 0.274 e. The zero-order valence-electron chi connectivity index (χ0n) is 16.6. The average molecular weight is 399 g/mol. The number of rotatable bonds is 3. The van der Waals surface area contributed by atoms with Crippen LogP contribution in [0, 0.1) is 6.92 Å². The van der Waals surface area contributed by atoms with Gasteiger partial charge in [0.15, 0.2) is 11.5 Å². The summed E-state index contributed by atoms with van der Waals surface area (Å²) in [6.45, 7) is 3.15. The maximum atomic E-state index is 12.8. The molecule has 0 unspecified atom stereocenters. The van der Waals surface area contributed by atoms with Gasteiger partial charge in [0.25, 0.3) is 5.91 Å². The van der Waals surface area contributed by atoms with Crippen LogP contribution in [0.4, 0.5) is 0 Å². The van der Waals surface area contributed by atoms with E-state index in [1.165, 1.54) is 0 Å². The van der Waals surface area contributed by atoms with Crippen LogP contribution in [0.1, 0.15) is 40.8 Å². The van der Waals surface area contributed by atoms with Crippen LogP contribution in [-0.4, -0.2) is 53.4 Å². The Kier molecular flexibility index (Phi) is 4.66. The summed E-state index contributed by atoms with van der Waals surface area (Å²) in [6.07, 6.45) is 10.6. The van der Waals surface area contributed by atoms with Gasteiger partial charge in [-0.15, -0.1) is 0 Å². The molecule has 0 bridgehead atoms. The summed E-state index contributed by atoms with van der Waals surface area (Å²) in [5.74, 6) is 0.781. The first-order chi connectivity index (χ1) is 14.7. The number of aryl methyl sites for hydroxylation is 1. The highest BCUT2D eigenvalue weighted by Gasteiger charge is 2.28. The Morgan fingerprint density at radius 3 is 2.83 bits per heavy atom. The molecule has 1 aliphatic heterocycles. The third kappa shape index (κ3) is 3.52. The molecule has 5 heterocycles. The molecular formula is C22H21N7O. The Hall–Kier alpha value is -3.68. The summed E-state index contributed by atoms with van der Waals surface area (Å²) in [4.78, 5) is 32.0.